The van der Waals surface area contributed by atoms with E-state index in [1.807, 2.05) is 70.5 Å². The van der Waals surface area contributed by atoms with Gasteiger partial charge < -0.3 is 29.3 Å². The van der Waals surface area contributed by atoms with Gasteiger partial charge in [-0.1, -0.05) is 109 Å². The van der Waals surface area contributed by atoms with Gasteiger partial charge in [-0.05, 0) is 66.5 Å². The molecule has 9 heteroatoms. The molecule has 0 radical (unpaired) electrons. The van der Waals surface area contributed by atoms with E-state index in [1.165, 1.54) is 23.0 Å². The van der Waals surface area contributed by atoms with Gasteiger partial charge in [0.05, 0.1) is 19.2 Å². The molecule has 1 aromatic heterocycles. The van der Waals surface area contributed by atoms with Crippen molar-refractivity contribution in [2.75, 3.05) is 19.8 Å². The van der Waals surface area contributed by atoms with Crippen molar-refractivity contribution in [3.8, 4) is 11.6 Å². The molecule has 1 N–H and O–H groups in total. The first-order valence-corrected chi connectivity index (χ1v) is 18.7. The van der Waals surface area contributed by atoms with Crippen LogP contribution in [0.15, 0.2) is 116 Å². The maximum absolute atomic E-state index is 14.0. The predicted octanol–water partition coefficient (Wildman–Crippen LogP) is 7.69. The Labute approximate surface area is 312 Å². The number of hydrogen-bond acceptors (Lipinski definition) is 7. The molecule has 0 aliphatic carbocycles. The molecular formula is C44H49N5O4. The van der Waals surface area contributed by atoms with Crippen LogP contribution in [0.3, 0.4) is 0 Å². The van der Waals surface area contributed by atoms with Crippen LogP contribution in [0.4, 0.5) is 4.79 Å². The van der Waals surface area contributed by atoms with E-state index in [-0.39, 0.29) is 24.7 Å². The molecule has 3 heterocycles. The standard InChI is InChI=1S/C44H49N5O4/c1-32(2)49-41(38-21-19-34(20-22-38)14-13-33-15-17-35(18-16-33)25-45-39-23-24-51-30-39)27-48(44(49)50)26-40-42(52-28-36-9-5-3-6-10-36)43(47-31-46-40)53-29-37-11-7-4-8-12-37/h3-12,15-22,31-32,39,41,45H,13-14,23-30H2,1-2H3. The molecule has 2 unspecified atom stereocenters. The zero-order valence-corrected chi connectivity index (χ0v) is 30.7. The molecule has 2 atom stereocenters. The lowest BCUT2D eigenvalue weighted by Crippen LogP contribution is -2.37. The number of amides is 2. The van der Waals surface area contributed by atoms with Gasteiger partial charge in [0.1, 0.15) is 25.2 Å². The quantitative estimate of drug-likeness (QED) is 0.112. The largest absolute Gasteiger partial charge is 0.482 e. The average molecular weight is 712 g/mol. The van der Waals surface area contributed by atoms with Crippen molar-refractivity contribution in [2.24, 2.45) is 0 Å². The third-order valence-electron chi connectivity index (χ3n) is 10.0. The number of nitrogens with one attached hydrogen (secondary N) is 1. The van der Waals surface area contributed by atoms with E-state index in [0.29, 0.717) is 43.1 Å². The molecule has 9 nitrogen and oxygen atoms in total. The molecule has 2 saturated heterocycles. The third-order valence-corrected chi connectivity index (χ3v) is 10.0. The molecular weight excluding hydrogens is 663 g/mol. The summed E-state index contributed by atoms with van der Waals surface area (Å²) in [6.07, 6.45) is 4.50. The van der Waals surface area contributed by atoms with Gasteiger partial charge in [0.15, 0.2) is 0 Å². The van der Waals surface area contributed by atoms with Crippen LogP contribution >= 0.6 is 0 Å². The Kier molecular flexibility index (Phi) is 11.9. The van der Waals surface area contributed by atoms with Crippen molar-refractivity contribution in [2.45, 2.75) is 77.5 Å². The van der Waals surface area contributed by atoms with Gasteiger partial charge in [-0.2, -0.15) is 4.98 Å². The highest BCUT2D eigenvalue weighted by Crippen LogP contribution is 2.36. The van der Waals surface area contributed by atoms with E-state index >= 15 is 0 Å². The van der Waals surface area contributed by atoms with Crippen molar-refractivity contribution in [1.29, 1.82) is 0 Å². The number of rotatable bonds is 16. The fourth-order valence-electron chi connectivity index (χ4n) is 7.02. The normalized spacial score (nSPS) is 17.2. The molecule has 53 heavy (non-hydrogen) atoms. The van der Waals surface area contributed by atoms with Crippen LogP contribution in [0.2, 0.25) is 0 Å². The van der Waals surface area contributed by atoms with E-state index in [0.717, 1.165) is 55.7 Å². The third kappa shape index (κ3) is 9.41. The van der Waals surface area contributed by atoms with Crippen LogP contribution in [-0.2, 0) is 43.9 Å². The van der Waals surface area contributed by atoms with E-state index in [9.17, 15) is 4.79 Å². The summed E-state index contributed by atoms with van der Waals surface area (Å²) in [4.78, 5) is 26.9. The minimum Gasteiger partial charge on any atom is -0.482 e. The SMILES string of the molecule is CC(C)N1C(=O)N(Cc2ncnc(OCc3ccccc3)c2OCc2ccccc2)CC1c1ccc(CCc2ccc(CNC3CCOC3)cc2)cc1. The smallest absolute Gasteiger partial charge is 0.321 e. The van der Waals surface area contributed by atoms with Gasteiger partial charge in [-0.25, -0.2) is 9.78 Å². The summed E-state index contributed by atoms with van der Waals surface area (Å²) in [5.41, 5.74) is 7.67. The first-order valence-electron chi connectivity index (χ1n) is 18.7. The van der Waals surface area contributed by atoms with Gasteiger partial charge in [0.2, 0.25) is 5.75 Å². The summed E-state index contributed by atoms with van der Waals surface area (Å²) < 4.78 is 18.0. The van der Waals surface area contributed by atoms with Gasteiger partial charge in [0, 0.05) is 31.8 Å². The maximum atomic E-state index is 14.0. The molecule has 2 fully saturated rings. The van der Waals surface area contributed by atoms with Crippen LogP contribution in [0.5, 0.6) is 11.6 Å². The van der Waals surface area contributed by atoms with E-state index in [2.05, 4.69) is 77.7 Å². The average Bonchev–Trinajstić information content (AvgIpc) is 3.84. The molecule has 0 spiro atoms. The van der Waals surface area contributed by atoms with Crippen LogP contribution in [-0.4, -0.2) is 57.6 Å². The van der Waals surface area contributed by atoms with E-state index < -0.39 is 0 Å². The number of carbonyl (C=O) groups excluding carboxylic acids is 1. The molecule has 2 aliphatic rings. The second kappa shape index (κ2) is 17.5. The summed E-state index contributed by atoms with van der Waals surface area (Å²) in [6.45, 7) is 8.14. The molecule has 4 aromatic carbocycles. The molecule has 0 saturated carbocycles. The zero-order valence-electron chi connectivity index (χ0n) is 30.7. The van der Waals surface area contributed by atoms with Crippen molar-refractivity contribution in [3.05, 3.63) is 155 Å². The van der Waals surface area contributed by atoms with E-state index in [4.69, 9.17) is 14.2 Å². The minimum absolute atomic E-state index is 0.0193. The highest BCUT2D eigenvalue weighted by atomic mass is 16.5. The summed E-state index contributed by atoms with van der Waals surface area (Å²) in [6, 6.07) is 38.0. The second-order valence-corrected chi connectivity index (χ2v) is 14.2. The van der Waals surface area contributed by atoms with Crippen LogP contribution in [0, 0.1) is 0 Å². The lowest BCUT2D eigenvalue weighted by Gasteiger charge is -2.27. The Morgan fingerprint density at radius 1 is 0.774 bits per heavy atom. The molecule has 5 aromatic rings. The van der Waals surface area contributed by atoms with Crippen molar-refractivity contribution >= 4 is 6.03 Å². The Bertz CT molecular complexity index is 1900. The second-order valence-electron chi connectivity index (χ2n) is 14.2. The molecule has 0 bridgehead atoms. The molecule has 2 aliphatic heterocycles. The number of nitrogens with zero attached hydrogens (tertiary/aromatic N) is 4. The van der Waals surface area contributed by atoms with Gasteiger partial charge >= 0.3 is 6.03 Å². The maximum Gasteiger partial charge on any atom is 0.321 e. The first-order chi connectivity index (χ1) is 26.0. The van der Waals surface area contributed by atoms with Gasteiger partial charge in [0.25, 0.3) is 5.88 Å². The first kappa shape index (κ1) is 36.1. The van der Waals surface area contributed by atoms with Crippen molar-refractivity contribution in [3.63, 3.8) is 0 Å². The Morgan fingerprint density at radius 3 is 2.02 bits per heavy atom. The Morgan fingerprint density at radius 2 is 1.40 bits per heavy atom. The topological polar surface area (TPSA) is 89.1 Å². The number of aromatic nitrogens is 2. The fourth-order valence-corrected chi connectivity index (χ4v) is 7.02. The summed E-state index contributed by atoms with van der Waals surface area (Å²) in [5.74, 6) is 0.812. The molecule has 2 amide bonds. The van der Waals surface area contributed by atoms with Crippen LogP contribution in [0.1, 0.15) is 65.4 Å². The predicted molar refractivity (Wildman–Crippen MR) is 205 cm³/mol. The number of aryl methyl sites for hydroxylation is 2. The number of urea groups is 1. The van der Waals surface area contributed by atoms with Crippen LogP contribution in [0.25, 0.3) is 0 Å². The number of benzene rings is 4. The highest BCUT2D eigenvalue weighted by Gasteiger charge is 2.40. The zero-order chi connectivity index (χ0) is 36.4. The van der Waals surface area contributed by atoms with Gasteiger partial charge in [-0.3, -0.25) is 0 Å². The minimum atomic E-state index is -0.0853. The van der Waals surface area contributed by atoms with Crippen LogP contribution < -0.4 is 14.8 Å². The lowest BCUT2D eigenvalue weighted by molar-refractivity contribution is 0.171. The summed E-state index contributed by atoms with van der Waals surface area (Å²) in [5, 5.41) is 3.59. The number of ether oxygens (including phenoxy) is 3. The summed E-state index contributed by atoms with van der Waals surface area (Å²) >= 11 is 0. The Balaban J connectivity index is 1.01. The lowest BCUT2D eigenvalue weighted by atomic mass is 9.99. The summed E-state index contributed by atoms with van der Waals surface area (Å²) in [7, 11) is 0. The fraction of sp³-hybridized carbons (Fsp3) is 0.341. The van der Waals surface area contributed by atoms with Crippen molar-refractivity contribution in [1.82, 2.24) is 25.1 Å². The Hall–Kier alpha value is -5.25. The molecule has 274 valence electrons. The monoisotopic (exact) mass is 711 g/mol. The van der Waals surface area contributed by atoms with Crippen molar-refractivity contribution < 1.29 is 19.0 Å². The highest BCUT2D eigenvalue weighted by molar-refractivity contribution is 5.78. The number of carbonyl (C=O) groups is 1. The molecule has 7 rings (SSSR count). The van der Waals surface area contributed by atoms with Gasteiger partial charge in [-0.15, -0.1) is 0 Å². The number of hydrogen-bond donors (Lipinski definition) is 1. The van der Waals surface area contributed by atoms with E-state index in [1.54, 1.807) is 0 Å².